The molecule has 0 spiro atoms. The van der Waals surface area contributed by atoms with Crippen LogP contribution in [0.5, 0.6) is 11.5 Å². The summed E-state index contributed by atoms with van der Waals surface area (Å²) in [5.74, 6) is 2.00. The lowest BCUT2D eigenvalue weighted by Gasteiger charge is -2.19. The number of nitrogens with zero attached hydrogens (tertiary/aromatic N) is 3. The number of nitrogens with one attached hydrogen (secondary N) is 2. The van der Waals surface area contributed by atoms with Crippen molar-refractivity contribution in [3.8, 4) is 11.5 Å². The first-order valence-corrected chi connectivity index (χ1v) is 8.66. The van der Waals surface area contributed by atoms with Gasteiger partial charge >= 0.3 is 6.55 Å². The first kappa shape index (κ1) is 23.9. The van der Waals surface area contributed by atoms with Gasteiger partial charge in [0.1, 0.15) is 18.5 Å². The molecule has 0 aliphatic rings. The van der Waals surface area contributed by atoms with Crippen molar-refractivity contribution >= 4 is 29.9 Å². The quantitative estimate of drug-likeness (QED) is 0.308. The van der Waals surface area contributed by atoms with E-state index in [0.29, 0.717) is 30.5 Å². The van der Waals surface area contributed by atoms with E-state index in [2.05, 4.69) is 20.6 Å². The fourth-order valence-electron chi connectivity index (χ4n) is 2.35. The van der Waals surface area contributed by atoms with E-state index in [1.54, 1.807) is 7.11 Å². The average molecular weight is 509 g/mol. The summed E-state index contributed by atoms with van der Waals surface area (Å²) in [6, 6.07) is 7.40. The van der Waals surface area contributed by atoms with E-state index in [1.165, 1.54) is 12.4 Å². The third-order valence-corrected chi connectivity index (χ3v) is 3.64. The number of halogens is 3. The van der Waals surface area contributed by atoms with E-state index in [0.717, 1.165) is 4.57 Å². The molecule has 0 aliphatic heterocycles. The van der Waals surface area contributed by atoms with Crippen LogP contribution in [0.25, 0.3) is 0 Å². The molecular weight excluding hydrogens is 483 g/mol. The number of rotatable bonds is 9. The van der Waals surface area contributed by atoms with Gasteiger partial charge in [0.2, 0.25) is 0 Å². The van der Waals surface area contributed by atoms with Crippen LogP contribution in [0.15, 0.2) is 41.7 Å². The molecule has 1 unspecified atom stereocenters. The zero-order valence-electron chi connectivity index (χ0n) is 16.1. The number of aliphatic imine (C=N–C) groups is 1. The van der Waals surface area contributed by atoms with E-state index in [9.17, 15) is 8.78 Å². The predicted octanol–water partition coefficient (Wildman–Crippen LogP) is 3.43. The molecule has 10 heteroatoms. The Morgan fingerprint density at radius 1 is 1.25 bits per heavy atom. The maximum atomic E-state index is 12.9. The summed E-state index contributed by atoms with van der Waals surface area (Å²) < 4.78 is 37.7. The van der Waals surface area contributed by atoms with E-state index < -0.39 is 6.55 Å². The van der Waals surface area contributed by atoms with E-state index in [4.69, 9.17) is 9.47 Å². The first-order valence-electron chi connectivity index (χ1n) is 8.66. The van der Waals surface area contributed by atoms with Crippen LogP contribution in [-0.2, 0) is 6.54 Å². The molecule has 1 atom stereocenters. The minimum Gasteiger partial charge on any atom is -0.493 e. The molecule has 2 rings (SSSR count). The second-order valence-electron chi connectivity index (χ2n) is 5.68. The van der Waals surface area contributed by atoms with Crippen molar-refractivity contribution in [1.82, 2.24) is 20.2 Å². The number of guanidine groups is 1. The monoisotopic (exact) mass is 509 g/mol. The Hall–Kier alpha value is -2.11. The van der Waals surface area contributed by atoms with Gasteiger partial charge in [-0.15, -0.1) is 24.0 Å². The summed E-state index contributed by atoms with van der Waals surface area (Å²) >= 11 is 0. The number of hydrogen-bond donors (Lipinski definition) is 2. The number of hydrogen-bond acceptors (Lipinski definition) is 4. The Bertz CT molecular complexity index is 742. The van der Waals surface area contributed by atoms with Crippen molar-refractivity contribution < 1.29 is 18.3 Å². The van der Waals surface area contributed by atoms with Gasteiger partial charge in [-0.2, -0.15) is 8.78 Å². The van der Waals surface area contributed by atoms with Gasteiger partial charge < -0.3 is 20.1 Å². The zero-order valence-corrected chi connectivity index (χ0v) is 18.4. The highest BCUT2D eigenvalue weighted by molar-refractivity contribution is 14.0. The van der Waals surface area contributed by atoms with Gasteiger partial charge in [-0.1, -0.05) is 12.1 Å². The van der Waals surface area contributed by atoms with E-state index >= 15 is 0 Å². The number of aromatic nitrogens is 2. The SMILES string of the molecule is CCNC(=NCc1nccn1C(F)F)NCC(C)Oc1ccccc1OC.I. The summed E-state index contributed by atoms with van der Waals surface area (Å²) in [5.41, 5.74) is 0. The maximum Gasteiger partial charge on any atom is 0.319 e. The summed E-state index contributed by atoms with van der Waals surface area (Å²) in [4.78, 5) is 8.23. The fourth-order valence-corrected chi connectivity index (χ4v) is 2.35. The Kier molecular flexibility index (Phi) is 10.6. The molecule has 1 aromatic carbocycles. The Balaban J connectivity index is 0.00000392. The molecule has 0 aliphatic carbocycles. The van der Waals surface area contributed by atoms with Crippen LogP contribution < -0.4 is 20.1 Å². The molecule has 7 nitrogen and oxygen atoms in total. The molecule has 0 radical (unpaired) electrons. The molecule has 0 amide bonds. The van der Waals surface area contributed by atoms with Gasteiger partial charge in [0, 0.05) is 18.9 Å². The third-order valence-electron chi connectivity index (χ3n) is 3.64. The molecule has 2 N–H and O–H groups in total. The number of alkyl halides is 2. The molecule has 156 valence electrons. The van der Waals surface area contributed by atoms with E-state index in [1.807, 2.05) is 38.1 Å². The average Bonchev–Trinajstić information content (AvgIpc) is 3.13. The number of benzene rings is 1. The molecule has 2 aromatic rings. The standard InChI is InChI=1S/C18H25F2N5O2.HI/c1-4-21-18(24-12-16-22-9-10-25(16)17(19)20)23-11-13(2)27-15-8-6-5-7-14(15)26-3;/h5-10,13,17H,4,11-12H2,1-3H3,(H2,21,23,24);1H. The molecular formula is C18H26F2IN5O2. The second-order valence-corrected chi connectivity index (χ2v) is 5.68. The van der Waals surface area contributed by atoms with Crippen molar-refractivity contribution in [2.45, 2.75) is 33.0 Å². The summed E-state index contributed by atoms with van der Waals surface area (Å²) in [6.07, 6.45) is 2.40. The van der Waals surface area contributed by atoms with Crippen LogP contribution in [0, 0.1) is 0 Å². The second kappa shape index (κ2) is 12.4. The largest absolute Gasteiger partial charge is 0.493 e. The zero-order chi connectivity index (χ0) is 19.6. The smallest absolute Gasteiger partial charge is 0.319 e. The summed E-state index contributed by atoms with van der Waals surface area (Å²) in [6.45, 7) is 2.33. The lowest BCUT2D eigenvalue weighted by atomic mass is 10.3. The lowest BCUT2D eigenvalue weighted by Crippen LogP contribution is -2.41. The van der Waals surface area contributed by atoms with Gasteiger partial charge in [0.15, 0.2) is 17.5 Å². The van der Waals surface area contributed by atoms with Crippen LogP contribution in [0.1, 0.15) is 26.2 Å². The van der Waals surface area contributed by atoms with Crippen LogP contribution in [0.3, 0.4) is 0 Å². The van der Waals surface area contributed by atoms with Gasteiger partial charge in [-0.05, 0) is 26.0 Å². The number of methoxy groups -OCH3 is 1. The predicted molar refractivity (Wildman–Crippen MR) is 115 cm³/mol. The molecule has 0 bridgehead atoms. The number of para-hydroxylation sites is 2. The Labute approximate surface area is 180 Å². The number of ether oxygens (including phenoxy) is 2. The maximum absolute atomic E-state index is 12.9. The van der Waals surface area contributed by atoms with Gasteiger partial charge in [-0.3, -0.25) is 4.57 Å². The van der Waals surface area contributed by atoms with Crippen molar-refractivity contribution in [2.24, 2.45) is 4.99 Å². The molecule has 0 saturated carbocycles. The molecule has 28 heavy (non-hydrogen) atoms. The van der Waals surface area contributed by atoms with E-state index in [-0.39, 0.29) is 42.4 Å². The normalized spacial score (nSPS) is 12.3. The Morgan fingerprint density at radius 3 is 2.61 bits per heavy atom. The Morgan fingerprint density at radius 2 is 1.96 bits per heavy atom. The summed E-state index contributed by atoms with van der Waals surface area (Å²) in [5, 5.41) is 6.21. The van der Waals surface area contributed by atoms with Crippen LogP contribution in [0.4, 0.5) is 8.78 Å². The minimum atomic E-state index is -2.64. The van der Waals surface area contributed by atoms with Crippen molar-refractivity contribution in [3.05, 3.63) is 42.5 Å². The molecule has 0 fully saturated rings. The molecule has 1 aromatic heterocycles. The highest BCUT2D eigenvalue weighted by Crippen LogP contribution is 2.26. The topological polar surface area (TPSA) is 72.7 Å². The highest BCUT2D eigenvalue weighted by Gasteiger charge is 2.12. The third kappa shape index (κ3) is 7.13. The summed E-state index contributed by atoms with van der Waals surface area (Å²) in [7, 11) is 1.59. The van der Waals surface area contributed by atoms with Crippen molar-refractivity contribution in [2.75, 3.05) is 20.2 Å². The van der Waals surface area contributed by atoms with Gasteiger partial charge in [0.05, 0.1) is 13.7 Å². The van der Waals surface area contributed by atoms with Crippen LogP contribution in [0.2, 0.25) is 0 Å². The first-order chi connectivity index (χ1) is 13.0. The number of imidazole rings is 1. The minimum absolute atomic E-state index is 0. The fraction of sp³-hybridized carbons (Fsp3) is 0.444. The van der Waals surface area contributed by atoms with Crippen LogP contribution >= 0.6 is 24.0 Å². The van der Waals surface area contributed by atoms with Crippen molar-refractivity contribution in [1.29, 1.82) is 0 Å². The van der Waals surface area contributed by atoms with Crippen LogP contribution in [-0.4, -0.2) is 41.8 Å². The lowest BCUT2D eigenvalue weighted by molar-refractivity contribution is 0.0671. The van der Waals surface area contributed by atoms with Gasteiger partial charge in [0.25, 0.3) is 0 Å². The molecule has 0 saturated heterocycles. The highest BCUT2D eigenvalue weighted by atomic mass is 127. The molecule has 1 heterocycles. The van der Waals surface area contributed by atoms with Crippen molar-refractivity contribution in [3.63, 3.8) is 0 Å². The van der Waals surface area contributed by atoms with Gasteiger partial charge in [-0.25, -0.2) is 9.98 Å².